The van der Waals surface area contributed by atoms with Crippen LogP contribution in [-0.2, 0) is 5.75 Å². The van der Waals surface area contributed by atoms with Gasteiger partial charge in [0.2, 0.25) is 0 Å². The summed E-state index contributed by atoms with van der Waals surface area (Å²) in [6, 6.07) is 9.43. The number of hydrogen-bond acceptors (Lipinski definition) is 2. The molecular weight excluding hydrogens is 250 g/mol. The van der Waals surface area contributed by atoms with E-state index in [4.69, 9.17) is 0 Å². The summed E-state index contributed by atoms with van der Waals surface area (Å²) in [6.07, 6.45) is 9.21. The minimum absolute atomic E-state index is 0.578. The quantitative estimate of drug-likeness (QED) is 0.800. The van der Waals surface area contributed by atoms with Crippen LogP contribution in [0.4, 0.5) is 0 Å². The Kier molecular flexibility index (Phi) is 5.29. The number of nitrogens with zero attached hydrogens (tertiary/aromatic N) is 1. The molecule has 0 saturated carbocycles. The number of aryl methyl sites for hydroxylation is 1. The van der Waals surface area contributed by atoms with Gasteiger partial charge in [0.15, 0.2) is 0 Å². The van der Waals surface area contributed by atoms with Crippen molar-refractivity contribution in [3.8, 4) is 0 Å². The van der Waals surface area contributed by atoms with Crippen LogP contribution in [0.3, 0.4) is 0 Å². The Balaban J connectivity index is 1.86. The van der Waals surface area contributed by atoms with Gasteiger partial charge in [-0.2, -0.15) is 0 Å². The second-order valence-corrected chi connectivity index (χ2v) is 6.46. The molecule has 0 radical (unpaired) electrons. The molecule has 1 unspecified atom stereocenters. The lowest BCUT2D eigenvalue weighted by atomic mass is 10.1. The molecule has 2 rings (SSSR count). The highest BCUT2D eigenvalue weighted by molar-refractivity contribution is 8.02. The molecule has 1 nitrogen and oxygen atoms in total. The molecule has 19 heavy (non-hydrogen) atoms. The van der Waals surface area contributed by atoms with E-state index in [1.807, 2.05) is 11.8 Å². The van der Waals surface area contributed by atoms with Crippen LogP contribution in [0.5, 0.6) is 0 Å². The van der Waals surface area contributed by atoms with E-state index in [1.54, 1.807) is 0 Å². The first kappa shape index (κ1) is 14.4. The van der Waals surface area contributed by atoms with Crippen LogP contribution in [0, 0.1) is 6.92 Å². The van der Waals surface area contributed by atoms with Crippen LogP contribution in [0.25, 0.3) is 0 Å². The number of hydrogen-bond donors (Lipinski definition) is 0. The van der Waals surface area contributed by atoms with E-state index in [1.165, 1.54) is 28.9 Å². The maximum Gasteiger partial charge on any atom is 0.0278 e. The van der Waals surface area contributed by atoms with E-state index in [2.05, 4.69) is 68.4 Å². The second-order valence-electron chi connectivity index (χ2n) is 5.36. The zero-order valence-electron chi connectivity index (χ0n) is 12.1. The summed E-state index contributed by atoms with van der Waals surface area (Å²) in [5.41, 5.74) is 2.74. The van der Waals surface area contributed by atoms with Crippen molar-refractivity contribution in [3.63, 3.8) is 0 Å². The Bertz CT molecular complexity index is 457. The third kappa shape index (κ3) is 4.55. The highest BCUT2D eigenvalue weighted by Gasteiger charge is 2.11. The molecule has 0 saturated heterocycles. The zero-order valence-corrected chi connectivity index (χ0v) is 12.9. The smallest absolute Gasteiger partial charge is 0.0278 e. The molecule has 1 aliphatic carbocycles. The van der Waals surface area contributed by atoms with Gasteiger partial charge in [-0.15, -0.1) is 11.8 Å². The van der Waals surface area contributed by atoms with Gasteiger partial charge in [0.05, 0.1) is 0 Å². The molecule has 0 amide bonds. The molecule has 102 valence electrons. The fourth-order valence-corrected chi connectivity index (χ4v) is 3.15. The van der Waals surface area contributed by atoms with Gasteiger partial charge in [-0.05, 0) is 44.3 Å². The summed E-state index contributed by atoms with van der Waals surface area (Å²) in [4.78, 5) is 3.79. The fourth-order valence-electron chi connectivity index (χ4n) is 2.17. The largest absolute Gasteiger partial charge is 0.303 e. The van der Waals surface area contributed by atoms with E-state index in [0.29, 0.717) is 6.04 Å². The SMILES string of the molecule is Cc1ccc(CSC2=CC=CC(N(C)C)CC2)cc1. The molecule has 1 aromatic carbocycles. The Morgan fingerprint density at radius 2 is 1.95 bits per heavy atom. The van der Waals surface area contributed by atoms with Crippen LogP contribution in [-0.4, -0.2) is 25.0 Å². The van der Waals surface area contributed by atoms with Crippen LogP contribution >= 0.6 is 11.8 Å². The lowest BCUT2D eigenvalue weighted by molar-refractivity contribution is 0.330. The zero-order chi connectivity index (χ0) is 13.7. The van der Waals surface area contributed by atoms with Gasteiger partial charge in [-0.25, -0.2) is 0 Å². The first-order valence-electron chi connectivity index (χ1n) is 6.87. The highest BCUT2D eigenvalue weighted by Crippen LogP contribution is 2.28. The average Bonchev–Trinajstić information content (AvgIpc) is 2.63. The van der Waals surface area contributed by atoms with Gasteiger partial charge in [0, 0.05) is 11.8 Å². The van der Waals surface area contributed by atoms with Crippen molar-refractivity contribution in [2.75, 3.05) is 14.1 Å². The van der Waals surface area contributed by atoms with Crippen molar-refractivity contribution >= 4 is 11.8 Å². The molecule has 0 N–H and O–H groups in total. The van der Waals surface area contributed by atoms with Gasteiger partial charge in [0.25, 0.3) is 0 Å². The third-order valence-electron chi connectivity index (χ3n) is 3.51. The first-order chi connectivity index (χ1) is 9.15. The number of rotatable bonds is 4. The monoisotopic (exact) mass is 273 g/mol. The van der Waals surface area contributed by atoms with Crippen molar-refractivity contribution < 1.29 is 0 Å². The van der Waals surface area contributed by atoms with Gasteiger partial charge in [-0.1, -0.05) is 48.1 Å². The Morgan fingerprint density at radius 1 is 1.21 bits per heavy atom. The van der Waals surface area contributed by atoms with E-state index >= 15 is 0 Å². The number of benzene rings is 1. The number of likely N-dealkylation sites (N-methyl/N-ethyl adjacent to an activating group) is 1. The Labute approximate surface area is 121 Å². The normalized spacial score (nSPS) is 19.4. The maximum absolute atomic E-state index is 2.30. The predicted octanol–water partition coefficient (Wildman–Crippen LogP) is 4.39. The summed E-state index contributed by atoms with van der Waals surface area (Å²) >= 11 is 1.97. The van der Waals surface area contributed by atoms with Gasteiger partial charge in [-0.3, -0.25) is 0 Å². The highest BCUT2D eigenvalue weighted by atomic mass is 32.2. The molecule has 0 bridgehead atoms. The average molecular weight is 273 g/mol. The molecule has 0 spiro atoms. The van der Waals surface area contributed by atoms with Crippen molar-refractivity contribution in [2.45, 2.75) is 31.6 Å². The number of allylic oxidation sites excluding steroid dienone is 3. The van der Waals surface area contributed by atoms with E-state index in [9.17, 15) is 0 Å². The van der Waals surface area contributed by atoms with Crippen LogP contribution in [0.15, 0.2) is 47.4 Å². The van der Waals surface area contributed by atoms with Gasteiger partial charge >= 0.3 is 0 Å². The van der Waals surface area contributed by atoms with Crippen molar-refractivity contribution in [1.29, 1.82) is 0 Å². The fraction of sp³-hybridized carbons (Fsp3) is 0.412. The second kappa shape index (κ2) is 6.97. The predicted molar refractivity (Wildman–Crippen MR) is 86.4 cm³/mol. The minimum atomic E-state index is 0.578. The summed E-state index contributed by atoms with van der Waals surface area (Å²) in [7, 11) is 4.30. The third-order valence-corrected chi connectivity index (χ3v) is 4.70. The molecule has 0 aromatic heterocycles. The molecule has 2 heteroatoms. The summed E-state index contributed by atoms with van der Waals surface area (Å²) in [5, 5.41) is 0. The van der Waals surface area contributed by atoms with Crippen LogP contribution < -0.4 is 0 Å². The maximum atomic E-state index is 2.30. The van der Waals surface area contributed by atoms with Crippen molar-refractivity contribution in [2.24, 2.45) is 0 Å². The van der Waals surface area contributed by atoms with E-state index < -0.39 is 0 Å². The number of thioether (sulfide) groups is 1. The lowest BCUT2D eigenvalue weighted by Gasteiger charge is -2.19. The van der Waals surface area contributed by atoms with E-state index in [0.717, 1.165) is 5.75 Å². The summed E-state index contributed by atoms with van der Waals surface area (Å²) < 4.78 is 0. The molecule has 1 atom stereocenters. The molecule has 0 fully saturated rings. The van der Waals surface area contributed by atoms with Crippen LogP contribution in [0.2, 0.25) is 0 Å². The summed E-state index contributed by atoms with van der Waals surface area (Å²) in [5.74, 6) is 1.08. The van der Waals surface area contributed by atoms with Gasteiger partial charge in [0.1, 0.15) is 0 Å². The Morgan fingerprint density at radius 3 is 2.63 bits per heavy atom. The van der Waals surface area contributed by atoms with Crippen molar-refractivity contribution in [1.82, 2.24) is 4.90 Å². The van der Waals surface area contributed by atoms with Crippen LogP contribution in [0.1, 0.15) is 24.0 Å². The first-order valence-corrected chi connectivity index (χ1v) is 7.86. The standard InChI is InChI=1S/C17H23NS/c1-14-7-9-15(10-8-14)13-19-17-6-4-5-16(11-12-17)18(2)3/h4-10,16H,11-13H2,1-3H3. The molecular formula is C17H23NS. The lowest BCUT2D eigenvalue weighted by Crippen LogP contribution is -2.25. The molecule has 0 aliphatic heterocycles. The van der Waals surface area contributed by atoms with Gasteiger partial charge < -0.3 is 4.90 Å². The molecule has 1 aliphatic rings. The minimum Gasteiger partial charge on any atom is -0.303 e. The Hall–Kier alpha value is -0.990. The molecule has 0 heterocycles. The van der Waals surface area contributed by atoms with Crippen molar-refractivity contribution in [3.05, 3.63) is 58.5 Å². The topological polar surface area (TPSA) is 3.24 Å². The summed E-state index contributed by atoms with van der Waals surface area (Å²) in [6.45, 7) is 2.14. The van der Waals surface area contributed by atoms with E-state index in [-0.39, 0.29) is 0 Å². The molecule has 1 aromatic rings.